The van der Waals surface area contributed by atoms with Gasteiger partial charge in [-0.25, -0.2) is 0 Å². The Morgan fingerprint density at radius 3 is 2.21 bits per heavy atom. The molecule has 6 heteroatoms. The van der Waals surface area contributed by atoms with Gasteiger partial charge in [-0.3, -0.25) is 9.48 Å². The molecule has 0 bridgehead atoms. The van der Waals surface area contributed by atoms with Gasteiger partial charge in [-0.2, -0.15) is 5.10 Å². The van der Waals surface area contributed by atoms with Gasteiger partial charge in [0.05, 0.1) is 12.2 Å². The van der Waals surface area contributed by atoms with Gasteiger partial charge in [0.2, 0.25) is 0 Å². The van der Waals surface area contributed by atoms with Crippen molar-refractivity contribution in [2.45, 2.75) is 20.4 Å². The molecule has 0 unspecified atom stereocenters. The van der Waals surface area contributed by atoms with E-state index in [0.29, 0.717) is 6.54 Å². The summed E-state index contributed by atoms with van der Waals surface area (Å²) in [5.74, 6) is 0.0958. The first-order chi connectivity index (χ1) is 14.0. The molecule has 2 heterocycles. The van der Waals surface area contributed by atoms with E-state index in [0.717, 1.165) is 59.4 Å². The molecule has 29 heavy (non-hydrogen) atoms. The molecule has 5 nitrogen and oxygen atoms in total. The van der Waals surface area contributed by atoms with Gasteiger partial charge >= 0.3 is 0 Å². The highest BCUT2D eigenvalue weighted by Crippen LogP contribution is 2.20. The van der Waals surface area contributed by atoms with Crippen molar-refractivity contribution in [3.05, 3.63) is 82.1 Å². The van der Waals surface area contributed by atoms with Crippen LogP contribution in [0.1, 0.15) is 27.3 Å². The van der Waals surface area contributed by atoms with Crippen molar-refractivity contribution < 1.29 is 4.79 Å². The predicted molar refractivity (Wildman–Crippen MR) is 117 cm³/mol. The molecular weight excluding hydrogens is 384 g/mol. The topological polar surface area (TPSA) is 41.4 Å². The quantitative estimate of drug-likeness (QED) is 0.650. The van der Waals surface area contributed by atoms with Crippen molar-refractivity contribution in [3.63, 3.8) is 0 Å². The fourth-order valence-electron chi connectivity index (χ4n) is 3.76. The van der Waals surface area contributed by atoms with Crippen LogP contribution in [-0.2, 0) is 6.54 Å². The Morgan fingerprint density at radius 2 is 1.62 bits per heavy atom. The Morgan fingerprint density at radius 1 is 0.966 bits per heavy atom. The van der Waals surface area contributed by atoms with Crippen molar-refractivity contribution in [3.8, 4) is 0 Å². The summed E-state index contributed by atoms with van der Waals surface area (Å²) >= 11 is 5.97. The number of piperazine rings is 1. The third-order valence-electron chi connectivity index (χ3n) is 5.40. The van der Waals surface area contributed by atoms with Gasteiger partial charge in [0.15, 0.2) is 0 Å². The summed E-state index contributed by atoms with van der Waals surface area (Å²) in [4.78, 5) is 17.1. The SMILES string of the molecule is Cc1cc(C)n(Cc2ccc(C(=O)N3CCN(c4ccc(Cl)cc4)CC3)cc2)n1. The smallest absolute Gasteiger partial charge is 0.253 e. The zero-order valence-electron chi connectivity index (χ0n) is 16.8. The lowest BCUT2D eigenvalue weighted by Crippen LogP contribution is -2.48. The first-order valence-corrected chi connectivity index (χ1v) is 10.3. The maximum atomic E-state index is 12.9. The summed E-state index contributed by atoms with van der Waals surface area (Å²) in [6, 6.07) is 17.8. The van der Waals surface area contributed by atoms with Crippen LogP contribution in [0.15, 0.2) is 54.6 Å². The Labute approximate surface area is 176 Å². The first kappa shape index (κ1) is 19.5. The molecule has 3 aromatic rings. The van der Waals surface area contributed by atoms with Crippen LogP contribution in [0.5, 0.6) is 0 Å². The fourth-order valence-corrected chi connectivity index (χ4v) is 3.89. The highest BCUT2D eigenvalue weighted by atomic mass is 35.5. The molecule has 2 aromatic carbocycles. The second kappa shape index (κ2) is 8.29. The molecule has 1 aliphatic rings. The predicted octanol–water partition coefficient (Wildman–Crippen LogP) is 4.16. The van der Waals surface area contributed by atoms with Gasteiger partial charge in [0.1, 0.15) is 0 Å². The van der Waals surface area contributed by atoms with Crippen LogP contribution < -0.4 is 4.90 Å². The minimum Gasteiger partial charge on any atom is -0.368 e. The van der Waals surface area contributed by atoms with E-state index in [1.165, 1.54) is 0 Å². The number of hydrogen-bond acceptors (Lipinski definition) is 3. The highest BCUT2D eigenvalue weighted by molar-refractivity contribution is 6.30. The Balaban J connectivity index is 1.36. The minimum absolute atomic E-state index is 0.0958. The van der Waals surface area contributed by atoms with E-state index in [1.807, 2.05) is 65.0 Å². The van der Waals surface area contributed by atoms with Crippen molar-refractivity contribution in [1.82, 2.24) is 14.7 Å². The van der Waals surface area contributed by atoms with E-state index >= 15 is 0 Å². The Kier molecular flexibility index (Phi) is 5.58. The molecule has 4 rings (SSSR count). The van der Waals surface area contributed by atoms with Gasteiger partial charge in [-0.15, -0.1) is 0 Å². The summed E-state index contributed by atoms with van der Waals surface area (Å²) in [5, 5.41) is 5.24. The molecule has 1 amide bonds. The molecule has 1 aromatic heterocycles. The fraction of sp³-hybridized carbons (Fsp3) is 0.304. The van der Waals surface area contributed by atoms with Gasteiger partial charge < -0.3 is 9.80 Å². The number of halogens is 1. The van der Waals surface area contributed by atoms with E-state index in [1.54, 1.807) is 0 Å². The standard InChI is InChI=1S/C23H25ClN4O/c1-17-15-18(2)28(25-17)16-19-3-5-20(6-4-19)23(29)27-13-11-26(12-14-27)22-9-7-21(24)8-10-22/h3-10,15H,11-14,16H2,1-2H3. The van der Waals surface area contributed by atoms with Crippen LogP contribution in [0, 0.1) is 13.8 Å². The van der Waals surface area contributed by atoms with Crippen LogP contribution >= 0.6 is 11.6 Å². The number of aromatic nitrogens is 2. The molecule has 0 saturated carbocycles. The lowest BCUT2D eigenvalue weighted by Gasteiger charge is -2.36. The zero-order chi connectivity index (χ0) is 20.4. The van der Waals surface area contributed by atoms with Crippen molar-refractivity contribution >= 4 is 23.2 Å². The molecule has 150 valence electrons. The molecule has 0 aliphatic carbocycles. The lowest BCUT2D eigenvalue weighted by molar-refractivity contribution is 0.0747. The second-order valence-corrected chi connectivity index (χ2v) is 7.97. The van der Waals surface area contributed by atoms with Crippen LogP contribution in [0.25, 0.3) is 0 Å². The number of benzene rings is 2. The zero-order valence-corrected chi connectivity index (χ0v) is 17.6. The summed E-state index contributed by atoms with van der Waals surface area (Å²) < 4.78 is 1.99. The number of nitrogens with zero attached hydrogens (tertiary/aromatic N) is 4. The molecule has 1 aliphatic heterocycles. The molecule has 1 fully saturated rings. The van der Waals surface area contributed by atoms with Crippen LogP contribution in [0.4, 0.5) is 5.69 Å². The van der Waals surface area contributed by atoms with Crippen LogP contribution in [-0.4, -0.2) is 46.8 Å². The maximum absolute atomic E-state index is 12.9. The highest BCUT2D eigenvalue weighted by Gasteiger charge is 2.22. The lowest BCUT2D eigenvalue weighted by atomic mass is 10.1. The third kappa shape index (κ3) is 4.46. The average Bonchev–Trinajstić information content (AvgIpc) is 3.05. The summed E-state index contributed by atoms with van der Waals surface area (Å²) in [7, 11) is 0. The number of anilines is 1. The molecule has 0 atom stereocenters. The monoisotopic (exact) mass is 408 g/mol. The van der Waals surface area contributed by atoms with E-state index < -0.39 is 0 Å². The van der Waals surface area contributed by atoms with E-state index in [2.05, 4.69) is 23.0 Å². The third-order valence-corrected chi connectivity index (χ3v) is 5.65. The number of amides is 1. The largest absolute Gasteiger partial charge is 0.368 e. The average molecular weight is 409 g/mol. The van der Waals surface area contributed by atoms with E-state index in [4.69, 9.17) is 11.6 Å². The number of rotatable bonds is 4. The summed E-state index contributed by atoms with van der Waals surface area (Å²) in [6.07, 6.45) is 0. The Hall–Kier alpha value is -2.79. The van der Waals surface area contributed by atoms with Gasteiger partial charge in [-0.05, 0) is 61.9 Å². The number of carbonyl (C=O) groups excluding carboxylic acids is 1. The summed E-state index contributed by atoms with van der Waals surface area (Å²) in [5.41, 5.74) is 5.19. The summed E-state index contributed by atoms with van der Waals surface area (Å²) in [6.45, 7) is 7.85. The van der Waals surface area contributed by atoms with Crippen molar-refractivity contribution in [1.29, 1.82) is 0 Å². The van der Waals surface area contributed by atoms with Gasteiger partial charge in [0, 0.05) is 48.1 Å². The maximum Gasteiger partial charge on any atom is 0.253 e. The van der Waals surface area contributed by atoms with Crippen LogP contribution in [0.3, 0.4) is 0 Å². The molecule has 0 radical (unpaired) electrons. The molecule has 1 saturated heterocycles. The van der Waals surface area contributed by atoms with Crippen molar-refractivity contribution in [2.24, 2.45) is 0 Å². The number of hydrogen-bond donors (Lipinski definition) is 0. The Bertz CT molecular complexity index is 987. The first-order valence-electron chi connectivity index (χ1n) is 9.89. The van der Waals surface area contributed by atoms with Gasteiger partial charge in [-0.1, -0.05) is 23.7 Å². The molecular formula is C23H25ClN4O. The van der Waals surface area contributed by atoms with Crippen LogP contribution in [0.2, 0.25) is 5.02 Å². The number of aryl methyl sites for hydroxylation is 2. The van der Waals surface area contributed by atoms with Crippen molar-refractivity contribution in [2.75, 3.05) is 31.1 Å². The van der Waals surface area contributed by atoms with E-state index in [9.17, 15) is 4.79 Å². The molecule has 0 N–H and O–H groups in total. The van der Waals surface area contributed by atoms with E-state index in [-0.39, 0.29) is 5.91 Å². The number of carbonyl (C=O) groups is 1. The normalized spacial score (nSPS) is 14.3. The minimum atomic E-state index is 0.0958. The van der Waals surface area contributed by atoms with Gasteiger partial charge in [0.25, 0.3) is 5.91 Å². The second-order valence-electron chi connectivity index (χ2n) is 7.54. The molecule has 0 spiro atoms.